The molecule has 6 heteroatoms. The lowest BCUT2D eigenvalue weighted by Crippen LogP contribution is -2.44. The molecule has 1 aromatic carbocycles. The summed E-state index contributed by atoms with van der Waals surface area (Å²) in [4.78, 5) is 23.0. The van der Waals surface area contributed by atoms with Gasteiger partial charge in [-0.3, -0.25) is 9.59 Å². The molecule has 0 heterocycles. The van der Waals surface area contributed by atoms with E-state index in [-0.39, 0.29) is 6.42 Å². The molecule has 0 radical (unpaired) electrons. The van der Waals surface area contributed by atoms with Crippen LogP contribution in [0.3, 0.4) is 0 Å². The molecular weight excluding hydrogens is 278 g/mol. The van der Waals surface area contributed by atoms with Crippen molar-refractivity contribution in [3.63, 3.8) is 0 Å². The van der Waals surface area contributed by atoms with Gasteiger partial charge in [0.1, 0.15) is 6.04 Å². The number of terminal acetylenes is 1. The van der Waals surface area contributed by atoms with Gasteiger partial charge < -0.3 is 11.1 Å². The van der Waals surface area contributed by atoms with Crippen LogP contribution in [0.2, 0.25) is 0 Å². The maximum Gasteiger partial charge on any atom is 0.240 e. The van der Waals surface area contributed by atoms with Gasteiger partial charge in [-0.15, -0.1) is 12.3 Å². The molecule has 0 aliphatic carbocycles. The van der Waals surface area contributed by atoms with Gasteiger partial charge >= 0.3 is 0 Å². The van der Waals surface area contributed by atoms with Crippen LogP contribution in [0.25, 0.3) is 0 Å². The van der Waals surface area contributed by atoms with E-state index < -0.39 is 29.5 Å². The molecule has 112 valence electrons. The monoisotopic (exact) mass is 294 g/mol. The zero-order valence-corrected chi connectivity index (χ0v) is 11.4. The molecule has 0 aliphatic rings. The van der Waals surface area contributed by atoms with E-state index in [0.29, 0.717) is 24.8 Å². The van der Waals surface area contributed by atoms with Crippen LogP contribution in [0, 0.1) is 24.0 Å². The predicted octanol–water partition coefficient (Wildman–Crippen LogP) is 1.28. The fraction of sp³-hybridized carbons (Fsp3) is 0.333. The Kier molecular flexibility index (Phi) is 6.34. The summed E-state index contributed by atoms with van der Waals surface area (Å²) < 4.78 is 25.8. The van der Waals surface area contributed by atoms with Crippen LogP contribution in [0.1, 0.15) is 24.8 Å². The molecule has 1 rings (SSSR count). The van der Waals surface area contributed by atoms with E-state index in [9.17, 15) is 18.4 Å². The summed E-state index contributed by atoms with van der Waals surface area (Å²) in [6, 6.07) is 2.36. The van der Waals surface area contributed by atoms with Gasteiger partial charge in [-0.2, -0.15) is 0 Å². The summed E-state index contributed by atoms with van der Waals surface area (Å²) in [5.74, 6) is -0.742. The van der Waals surface area contributed by atoms with Gasteiger partial charge in [0.2, 0.25) is 11.8 Å². The van der Waals surface area contributed by atoms with Crippen LogP contribution in [0.5, 0.6) is 0 Å². The van der Waals surface area contributed by atoms with Crippen LogP contribution in [0.15, 0.2) is 18.2 Å². The van der Waals surface area contributed by atoms with Gasteiger partial charge in [0.05, 0.1) is 6.42 Å². The van der Waals surface area contributed by atoms with Crippen LogP contribution < -0.4 is 11.1 Å². The quantitative estimate of drug-likeness (QED) is 0.587. The number of primary amides is 1. The normalized spacial score (nSPS) is 11.5. The SMILES string of the molecule is C#CCCC[C@@H](NC(=O)Cc1ccc(F)c(F)c1)C(N)=O. The Hall–Kier alpha value is -2.42. The van der Waals surface area contributed by atoms with Crippen LogP contribution >= 0.6 is 0 Å². The third-order valence-electron chi connectivity index (χ3n) is 2.84. The second kappa shape index (κ2) is 8.00. The summed E-state index contributed by atoms with van der Waals surface area (Å²) in [5.41, 5.74) is 5.49. The zero-order chi connectivity index (χ0) is 15.8. The Morgan fingerprint density at radius 2 is 2.05 bits per heavy atom. The summed E-state index contributed by atoms with van der Waals surface area (Å²) in [6.45, 7) is 0. The maximum absolute atomic E-state index is 13.0. The molecule has 4 nitrogen and oxygen atoms in total. The molecule has 21 heavy (non-hydrogen) atoms. The number of carbonyl (C=O) groups is 2. The predicted molar refractivity (Wildman–Crippen MR) is 73.9 cm³/mol. The highest BCUT2D eigenvalue weighted by atomic mass is 19.2. The minimum atomic E-state index is -1.03. The van der Waals surface area contributed by atoms with Gasteiger partial charge in [-0.05, 0) is 30.5 Å². The molecule has 0 unspecified atom stereocenters. The minimum absolute atomic E-state index is 0.171. The van der Waals surface area contributed by atoms with E-state index >= 15 is 0 Å². The second-order valence-corrected chi connectivity index (χ2v) is 4.54. The molecule has 1 atom stereocenters. The van der Waals surface area contributed by atoms with Gasteiger partial charge in [0, 0.05) is 6.42 Å². The summed E-state index contributed by atoms with van der Waals surface area (Å²) in [6.07, 6.45) is 6.29. The third kappa shape index (κ3) is 5.61. The van der Waals surface area contributed by atoms with Gasteiger partial charge in [0.15, 0.2) is 11.6 Å². The van der Waals surface area contributed by atoms with E-state index in [1.54, 1.807) is 0 Å². The molecule has 3 N–H and O–H groups in total. The zero-order valence-electron chi connectivity index (χ0n) is 11.4. The molecule has 0 saturated heterocycles. The highest BCUT2D eigenvalue weighted by molar-refractivity contribution is 5.87. The molecule has 0 saturated carbocycles. The van der Waals surface area contributed by atoms with Crippen molar-refractivity contribution in [1.82, 2.24) is 5.32 Å². The fourth-order valence-corrected chi connectivity index (χ4v) is 1.77. The van der Waals surface area contributed by atoms with Crippen molar-refractivity contribution >= 4 is 11.8 Å². The molecule has 0 fully saturated rings. The van der Waals surface area contributed by atoms with E-state index in [1.165, 1.54) is 6.07 Å². The Bertz CT molecular complexity index is 567. The van der Waals surface area contributed by atoms with Crippen molar-refractivity contribution in [3.05, 3.63) is 35.4 Å². The summed E-state index contributed by atoms with van der Waals surface area (Å²) >= 11 is 0. The number of halogens is 2. The van der Waals surface area contributed by atoms with E-state index in [2.05, 4.69) is 11.2 Å². The molecule has 0 bridgehead atoms. The van der Waals surface area contributed by atoms with E-state index in [0.717, 1.165) is 12.1 Å². The van der Waals surface area contributed by atoms with E-state index in [1.807, 2.05) is 0 Å². The van der Waals surface area contributed by atoms with Crippen molar-refractivity contribution in [2.45, 2.75) is 31.7 Å². The lowest BCUT2D eigenvalue weighted by atomic mass is 10.1. The Morgan fingerprint density at radius 1 is 1.33 bits per heavy atom. The number of unbranched alkanes of at least 4 members (excludes halogenated alkanes) is 1. The average Bonchev–Trinajstić information content (AvgIpc) is 2.42. The van der Waals surface area contributed by atoms with Crippen molar-refractivity contribution in [2.75, 3.05) is 0 Å². The van der Waals surface area contributed by atoms with Crippen molar-refractivity contribution in [2.24, 2.45) is 5.73 Å². The number of nitrogens with one attached hydrogen (secondary N) is 1. The first-order valence-electron chi connectivity index (χ1n) is 6.40. The van der Waals surface area contributed by atoms with Crippen molar-refractivity contribution in [3.8, 4) is 12.3 Å². The minimum Gasteiger partial charge on any atom is -0.368 e. The number of amides is 2. The molecule has 0 aromatic heterocycles. The van der Waals surface area contributed by atoms with Crippen LogP contribution in [-0.4, -0.2) is 17.9 Å². The van der Waals surface area contributed by atoms with E-state index in [4.69, 9.17) is 12.2 Å². The largest absolute Gasteiger partial charge is 0.368 e. The number of benzene rings is 1. The molecule has 0 spiro atoms. The second-order valence-electron chi connectivity index (χ2n) is 4.54. The number of rotatable bonds is 7. The van der Waals surface area contributed by atoms with Gasteiger partial charge in [-0.1, -0.05) is 6.07 Å². The summed E-state index contributed by atoms with van der Waals surface area (Å²) in [5, 5.41) is 2.46. The number of hydrogen-bond acceptors (Lipinski definition) is 2. The lowest BCUT2D eigenvalue weighted by Gasteiger charge is -2.15. The first-order valence-corrected chi connectivity index (χ1v) is 6.40. The highest BCUT2D eigenvalue weighted by Crippen LogP contribution is 2.09. The van der Waals surface area contributed by atoms with Crippen LogP contribution in [-0.2, 0) is 16.0 Å². The van der Waals surface area contributed by atoms with Gasteiger partial charge in [-0.25, -0.2) is 8.78 Å². The maximum atomic E-state index is 13.0. The lowest BCUT2D eigenvalue weighted by molar-refractivity contribution is -0.127. The Balaban J connectivity index is 2.59. The molecule has 0 aliphatic heterocycles. The first-order chi connectivity index (χ1) is 9.93. The Labute approximate surface area is 121 Å². The van der Waals surface area contributed by atoms with Crippen molar-refractivity contribution < 1.29 is 18.4 Å². The van der Waals surface area contributed by atoms with Crippen molar-refractivity contribution in [1.29, 1.82) is 0 Å². The summed E-state index contributed by atoms with van der Waals surface area (Å²) in [7, 11) is 0. The smallest absolute Gasteiger partial charge is 0.240 e. The first kappa shape index (κ1) is 16.6. The molecular formula is C15H16F2N2O2. The van der Waals surface area contributed by atoms with Gasteiger partial charge in [0.25, 0.3) is 0 Å². The topological polar surface area (TPSA) is 72.2 Å². The van der Waals surface area contributed by atoms with Crippen LogP contribution in [0.4, 0.5) is 8.78 Å². The third-order valence-corrected chi connectivity index (χ3v) is 2.84. The fourth-order valence-electron chi connectivity index (χ4n) is 1.77. The number of nitrogens with two attached hydrogens (primary N) is 1. The molecule has 2 amide bonds. The number of hydrogen-bond donors (Lipinski definition) is 2. The Morgan fingerprint density at radius 3 is 2.62 bits per heavy atom. The standard InChI is InChI=1S/C15H16F2N2O2/c1-2-3-4-5-13(15(18)21)19-14(20)9-10-6-7-11(16)12(17)8-10/h1,6-8,13H,3-5,9H2,(H2,18,21)(H,19,20)/t13-/m1/s1. The molecule has 1 aromatic rings. The highest BCUT2D eigenvalue weighted by Gasteiger charge is 2.17. The average molecular weight is 294 g/mol. The number of carbonyl (C=O) groups excluding carboxylic acids is 2.